The minimum Gasteiger partial charge on any atom is -0.486 e. The van der Waals surface area contributed by atoms with Crippen molar-refractivity contribution in [1.29, 1.82) is 0 Å². The van der Waals surface area contributed by atoms with E-state index in [1.807, 2.05) is 25.1 Å². The number of benzene rings is 1. The first kappa shape index (κ1) is 15.1. The molecule has 0 radical (unpaired) electrons. The first-order valence-corrected chi connectivity index (χ1v) is 8.16. The van der Waals surface area contributed by atoms with Crippen LogP contribution in [-0.2, 0) is 11.3 Å². The van der Waals surface area contributed by atoms with Crippen molar-refractivity contribution >= 4 is 34.7 Å². The van der Waals surface area contributed by atoms with Crippen LogP contribution in [0.25, 0.3) is 0 Å². The molecule has 116 valence electrons. The lowest BCUT2D eigenvalue weighted by atomic mass is 10.2. The molecule has 7 heteroatoms. The Kier molecular flexibility index (Phi) is 4.49. The molecule has 0 saturated carbocycles. The average Bonchev–Trinajstić information content (AvgIpc) is 2.96. The molecule has 2 aromatic rings. The molecule has 0 atom stereocenters. The maximum atomic E-state index is 12.3. The second kappa shape index (κ2) is 6.54. The van der Waals surface area contributed by atoms with Gasteiger partial charge < -0.3 is 14.4 Å². The number of rotatable bonds is 4. The Hall–Kier alpha value is -1.79. The third kappa shape index (κ3) is 2.89. The first-order valence-electron chi connectivity index (χ1n) is 6.86. The molecule has 0 bridgehead atoms. The smallest absolute Gasteiger partial charge is 0.242 e. The highest BCUT2D eigenvalue weighted by atomic mass is 35.5. The van der Waals surface area contributed by atoms with E-state index in [1.54, 1.807) is 11.1 Å². The van der Waals surface area contributed by atoms with E-state index in [9.17, 15) is 4.79 Å². The minimum absolute atomic E-state index is 0.0949. The van der Waals surface area contributed by atoms with E-state index in [4.69, 9.17) is 21.1 Å². The summed E-state index contributed by atoms with van der Waals surface area (Å²) in [6, 6.07) is 5.52. The number of amides is 1. The molecule has 1 amide bonds. The lowest BCUT2D eigenvalue weighted by molar-refractivity contribution is -0.116. The third-order valence-corrected chi connectivity index (χ3v) is 4.51. The molecule has 1 aliphatic heterocycles. The molecule has 1 aromatic carbocycles. The summed E-state index contributed by atoms with van der Waals surface area (Å²) in [4.78, 5) is 15.0. The number of aryl methyl sites for hydroxylation is 1. The zero-order valence-electron chi connectivity index (χ0n) is 12.0. The second-order valence-corrected chi connectivity index (χ2v) is 6.00. The average molecular weight is 339 g/mol. The number of alkyl halides is 1. The van der Waals surface area contributed by atoms with Crippen LogP contribution >= 0.6 is 23.1 Å². The van der Waals surface area contributed by atoms with Crippen molar-refractivity contribution in [3.05, 3.63) is 34.8 Å². The zero-order valence-corrected chi connectivity index (χ0v) is 13.6. The highest BCUT2D eigenvalue weighted by molar-refractivity contribution is 7.05. The predicted molar refractivity (Wildman–Crippen MR) is 86.2 cm³/mol. The number of carbonyl (C=O) groups excluding carboxylic acids is 1. The molecule has 0 aliphatic carbocycles. The number of halogens is 1. The number of hydrogen-bond donors (Lipinski definition) is 0. The van der Waals surface area contributed by atoms with Crippen molar-refractivity contribution in [3.8, 4) is 11.5 Å². The van der Waals surface area contributed by atoms with Gasteiger partial charge in [-0.2, -0.15) is 0 Å². The topological polar surface area (TPSA) is 51.7 Å². The summed E-state index contributed by atoms with van der Waals surface area (Å²) in [5, 5.41) is 0. The quantitative estimate of drug-likeness (QED) is 0.804. The van der Waals surface area contributed by atoms with Crippen LogP contribution in [0.5, 0.6) is 11.5 Å². The van der Waals surface area contributed by atoms with E-state index in [0.29, 0.717) is 36.9 Å². The molecule has 1 aromatic heterocycles. The molecular weight excluding hydrogens is 324 g/mol. The van der Waals surface area contributed by atoms with Crippen LogP contribution in [0.1, 0.15) is 10.4 Å². The monoisotopic (exact) mass is 338 g/mol. The summed E-state index contributed by atoms with van der Waals surface area (Å²) in [5.41, 5.74) is 1.73. The van der Waals surface area contributed by atoms with Gasteiger partial charge in [-0.1, -0.05) is 6.07 Å². The van der Waals surface area contributed by atoms with Crippen molar-refractivity contribution in [2.24, 2.45) is 0 Å². The summed E-state index contributed by atoms with van der Waals surface area (Å²) in [7, 11) is 0. The van der Waals surface area contributed by atoms with Gasteiger partial charge in [-0.25, -0.2) is 4.37 Å². The van der Waals surface area contributed by atoms with Crippen molar-refractivity contribution in [3.63, 3.8) is 0 Å². The van der Waals surface area contributed by atoms with Gasteiger partial charge >= 0.3 is 0 Å². The van der Waals surface area contributed by atoms with Crippen LogP contribution < -0.4 is 14.4 Å². The van der Waals surface area contributed by atoms with Gasteiger partial charge in [0.05, 0.1) is 12.2 Å². The number of carbonyl (C=O) groups is 1. The standard InChI is InChI=1S/C15H15ClN2O3S/c1-10-8-17-22-13(10)9-18(14(19)7-16)11-3-2-4-12-15(11)21-6-5-20-12/h2-4,8H,5-7,9H2,1H3. The van der Waals surface area contributed by atoms with Crippen molar-refractivity contribution < 1.29 is 14.3 Å². The third-order valence-electron chi connectivity index (χ3n) is 3.40. The van der Waals surface area contributed by atoms with Gasteiger partial charge in [0.1, 0.15) is 19.1 Å². The summed E-state index contributed by atoms with van der Waals surface area (Å²) in [5.74, 6) is 0.964. The van der Waals surface area contributed by atoms with Crippen molar-refractivity contribution in [1.82, 2.24) is 4.37 Å². The Morgan fingerprint density at radius 1 is 1.41 bits per heavy atom. The first-order chi connectivity index (χ1) is 10.7. The molecule has 1 aliphatic rings. The number of anilines is 1. The fourth-order valence-corrected chi connectivity index (χ4v) is 3.13. The van der Waals surface area contributed by atoms with Crippen LogP contribution in [0, 0.1) is 6.92 Å². The van der Waals surface area contributed by atoms with Gasteiger partial charge in [0.15, 0.2) is 11.5 Å². The van der Waals surface area contributed by atoms with Crippen LogP contribution in [-0.4, -0.2) is 29.4 Å². The maximum Gasteiger partial charge on any atom is 0.242 e. The van der Waals surface area contributed by atoms with Crippen LogP contribution in [0.15, 0.2) is 24.4 Å². The van der Waals surface area contributed by atoms with E-state index in [0.717, 1.165) is 10.4 Å². The maximum absolute atomic E-state index is 12.3. The molecule has 2 heterocycles. The normalized spacial score (nSPS) is 13.0. The van der Waals surface area contributed by atoms with E-state index < -0.39 is 0 Å². The van der Waals surface area contributed by atoms with Gasteiger partial charge in [0, 0.05) is 11.1 Å². The molecule has 0 saturated heterocycles. The highest BCUT2D eigenvalue weighted by Crippen LogP contribution is 2.40. The summed E-state index contributed by atoms with van der Waals surface area (Å²) in [6.07, 6.45) is 1.80. The number of fused-ring (bicyclic) bond motifs is 1. The van der Waals surface area contributed by atoms with Gasteiger partial charge in [0.25, 0.3) is 0 Å². The minimum atomic E-state index is -0.183. The van der Waals surface area contributed by atoms with Crippen LogP contribution in [0.3, 0.4) is 0 Å². The molecule has 0 unspecified atom stereocenters. The van der Waals surface area contributed by atoms with E-state index in [1.165, 1.54) is 11.5 Å². The number of hydrogen-bond acceptors (Lipinski definition) is 5. The Balaban J connectivity index is 1.99. The number of ether oxygens (including phenoxy) is 2. The SMILES string of the molecule is Cc1cnsc1CN(C(=O)CCl)c1cccc2c1OCCO2. The summed E-state index contributed by atoms with van der Waals surface area (Å²) < 4.78 is 15.4. The Morgan fingerprint density at radius 3 is 2.95 bits per heavy atom. The molecule has 0 spiro atoms. The number of para-hydroxylation sites is 1. The van der Waals surface area contributed by atoms with Crippen LogP contribution in [0.4, 0.5) is 5.69 Å². The Morgan fingerprint density at radius 2 is 2.23 bits per heavy atom. The van der Waals surface area contributed by atoms with Gasteiger partial charge in [-0.15, -0.1) is 11.6 Å². The molecule has 22 heavy (non-hydrogen) atoms. The predicted octanol–water partition coefficient (Wildman–Crippen LogP) is 2.99. The number of aromatic nitrogens is 1. The lowest BCUT2D eigenvalue weighted by Gasteiger charge is -2.27. The van der Waals surface area contributed by atoms with Crippen molar-refractivity contribution in [2.75, 3.05) is 24.0 Å². The Labute approximate surface area is 137 Å². The summed E-state index contributed by atoms with van der Waals surface area (Å²) >= 11 is 7.16. The van der Waals surface area contributed by atoms with Crippen LogP contribution in [0.2, 0.25) is 0 Å². The fraction of sp³-hybridized carbons (Fsp3) is 0.333. The molecular formula is C15H15ClN2O3S. The molecule has 3 rings (SSSR count). The van der Waals surface area contributed by atoms with E-state index >= 15 is 0 Å². The molecule has 0 fully saturated rings. The second-order valence-electron chi connectivity index (χ2n) is 4.85. The largest absolute Gasteiger partial charge is 0.486 e. The van der Waals surface area contributed by atoms with E-state index in [-0.39, 0.29) is 11.8 Å². The molecule has 5 nitrogen and oxygen atoms in total. The zero-order chi connectivity index (χ0) is 15.5. The van der Waals surface area contributed by atoms with Gasteiger partial charge in [-0.05, 0) is 36.2 Å². The molecule has 0 N–H and O–H groups in total. The number of nitrogens with zero attached hydrogens (tertiary/aromatic N) is 2. The highest BCUT2D eigenvalue weighted by Gasteiger charge is 2.24. The lowest BCUT2D eigenvalue weighted by Crippen LogP contribution is -2.32. The fourth-order valence-electron chi connectivity index (χ4n) is 2.26. The van der Waals surface area contributed by atoms with Gasteiger partial charge in [0.2, 0.25) is 5.91 Å². The van der Waals surface area contributed by atoms with E-state index in [2.05, 4.69) is 4.37 Å². The summed E-state index contributed by atoms with van der Waals surface area (Å²) in [6.45, 7) is 3.37. The van der Waals surface area contributed by atoms with Crippen molar-refractivity contribution in [2.45, 2.75) is 13.5 Å². The van der Waals surface area contributed by atoms with Gasteiger partial charge in [-0.3, -0.25) is 4.79 Å². The Bertz CT molecular complexity index is 689.